The van der Waals surface area contributed by atoms with Gasteiger partial charge >= 0.3 is 0 Å². The Labute approximate surface area is 134 Å². The highest BCUT2D eigenvalue weighted by Crippen LogP contribution is 2.50. The fraction of sp³-hybridized carbons (Fsp3) is 0. The highest BCUT2D eigenvalue weighted by atomic mass is 32.2. The first-order valence-corrected chi connectivity index (χ1v) is 8.06. The maximum atomic E-state index is 4.36. The molecule has 0 unspecified atom stereocenters. The summed E-state index contributed by atoms with van der Waals surface area (Å²) in [5, 5.41) is 0. The normalized spacial score (nSPS) is 12.5. The predicted molar refractivity (Wildman–Crippen MR) is 94.6 cm³/mol. The lowest BCUT2D eigenvalue weighted by Crippen LogP contribution is -2.18. The summed E-state index contributed by atoms with van der Waals surface area (Å²) >= 11 is 1.82. The standard InChI is InChI=1S/C20H15NS/c1-15(16-9-3-2-4-10-16)21-17-11-5-7-13-19(17)22-20-14-8-6-12-18(20)21/h2-14H,1H2. The van der Waals surface area contributed by atoms with Gasteiger partial charge in [-0.2, -0.15) is 0 Å². The van der Waals surface area contributed by atoms with Gasteiger partial charge in [0.15, 0.2) is 0 Å². The Morgan fingerprint density at radius 3 is 1.77 bits per heavy atom. The van der Waals surface area contributed by atoms with Crippen LogP contribution in [0.2, 0.25) is 0 Å². The van der Waals surface area contributed by atoms with Crippen LogP contribution in [-0.2, 0) is 0 Å². The summed E-state index contributed by atoms with van der Waals surface area (Å²) in [6, 6.07) is 27.3. The molecule has 0 fully saturated rings. The van der Waals surface area contributed by atoms with E-state index in [9.17, 15) is 0 Å². The van der Waals surface area contributed by atoms with Crippen LogP contribution in [-0.4, -0.2) is 0 Å². The first kappa shape index (κ1) is 13.2. The lowest BCUT2D eigenvalue weighted by molar-refractivity contribution is 1.18. The topological polar surface area (TPSA) is 3.24 Å². The van der Waals surface area contributed by atoms with Gasteiger partial charge in [-0.1, -0.05) is 72.9 Å². The van der Waals surface area contributed by atoms with E-state index in [1.54, 1.807) is 0 Å². The molecule has 22 heavy (non-hydrogen) atoms. The van der Waals surface area contributed by atoms with Crippen molar-refractivity contribution in [2.24, 2.45) is 0 Å². The number of para-hydroxylation sites is 2. The van der Waals surface area contributed by atoms with Gasteiger partial charge in [0.05, 0.1) is 11.4 Å². The van der Waals surface area contributed by atoms with E-state index in [1.165, 1.54) is 21.2 Å². The zero-order valence-corrected chi connectivity index (χ0v) is 12.9. The molecule has 1 nitrogen and oxygen atoms in total. The molecule has 3 aromatic rings. The second kappa shape index (κ2) is 5.39. The summed E-state index contributed by atoms with van der Waals surface area (Å²) in [5.41, 5.74) is 4.53. The second-order valence-electron chi connectivity index (χ2n) is 5.19. The Bertz CT molecular complexity index is 794. The Balaban J connectivity index is 1.90. The third kappa shape index (κ3) is 2.13. The highest BCUT2D eigenvalue weighted by molar-refractivity contribution is 7.99. The van der Waals surface area contributed by atoms with Crippen LogP contribution in [0.25, 0.3) is 5.70 Å². The van der Waals surface area contributed by atoms with Gasteiger partial charge in [-0.25, -0.2) is 0 Å². The van der Waals surface area contributed by atoms with Gasteiger partial charge in [0, 0.05) is 15.5 Å². The molecule has 0 amide bonds. The minimum atomic E-state index is 1.00. The molecule has 0 spiro atoms. The Hall–Kier alpha value is -2.45. The molecule has 1 heterocycles. The van der Waals surface area contributed by atoms with E-state index in [4.69, 9.17) is 0 Å². The maximum Gasteiger partial charge on any atom is 0.0601 e. The van der Waals surface area contributed by atoms with Gasteiger partial charge in [-0.15, -0.1) is 0 Å². The molecule has 106 valence electrons. The number of rotatable bonds is 2. The zero-order chi connectivity index (χ0) is 14.9. The van der Waals surface area contributed by atoms with Crippen LogP contribution in [0.4, 0.5) is 11.4 Å². The molecule has 4 rings (SSSR count). The summed E-state index contributed by atoms with van der Waals surface area (Å²) in [4.78, 5) is 4.79. The van der Waals surface area contributed by atoms with E-state index in [1.807, 2.05) is 17.8 Å². The van der Waals surface area contributed by atoms with Crippen molar-refractivity contribution in [2.75, 3.05) is 4.90 Å². The van der Waals surface area contributed by atoms with Crippen molar-refractivity contribution < 1.29 is 0 Å². The molecule has 0 aliphatic carbocycles. The average molecular weight is 301 g/mol. The van der Waals surface area contributed by atoms with Crippen molar-refractivity contribution in [3.8, 4) is 0 Å². The largest absolute Gasteiger partial charge is 0.308 e. The summed E-state index contributed by atoms with van der Waals surface area (Å²) < 4.78 is 0. The van der Waals surface area contributed by atoms with E-state index in [2.05, 4.69) is 84.3 Å². The third-order valence-electron chi connectivity index (χ3n) is 3.81. The average Bonchev–Trinajstić information content (AvgIpc) is 2.60. The first-order chi connectivity index (χ1) is 10.8. The highest BCUT2D eigenvalue weighted by Gasteiger charge is 2.25. The molecule has 0 radical (unpaired) electrons. The molecular formula is C20H15NS. The van der Waals surface area contributed by atoms with Crippen LogP contribution in [0.3, 0.4) is 0 Å². The van der Waals surface area contributed by atoms with Gasteiger partial charge in [0.1, 0.15) is 0 Å². The van der Waals surface area contributed by atoms with Crippen LogP contribution in [0, 0.1) is 0 Å². The van der Waals surface area contributed by atoms with E-state index in [-0.39, 0.29) is 0 Å². The minimum Gasteiger partial charge on any atom is -0.308 e. The minimum absolute atomic E-state index is 1.00. The van der Waals surface area contributed by atoms with E-state index in [0.717, 1.165) is 11.3 Å². The maximum absolute atomic E-state index is 4.36. The number of hydrogen-bond acceptors (Lipinski definition) is 2. The van der Waals surface area contributed by atoms with E-state index in [0.29, 0.717) is 0 Å². The fourth-order valence-electron chi connectivity index (χ4n) is 2.76. The molecule has 3 aromatic carbocycles. The SMILES string of the molecule is C=C(c1ccccc1)N1c2ccccc2Sc2ccccc21. The number of hydrogen-bond donors (Lipinski definition) is 0. The first-order valence-electron chi connectivity index (χ1n) is 7.25. The third-order valence-corrected chi connectivity index (χ3v) is 4.94. The predicted octanol–water partition coefficient (Wildman–Crippen LogP) is 5.96. The molecule has 2 heteroatoms. The Kier molecular flexibility index (Phi) is 3.24. The zero-order valence-electron chi connectivity index (χ0n) is 12.1. The van der Waals surface area contributed by atoms with Crippen molar-refractivity contribution in [1.82, 2.24) is 0 Å². The summed E-state index contributed by atoms with van der Waals surface area (Å²) in [6.45, 7) is 4.36. The summed E-state index contributed by atoms with van der Waals surface area (Å²) in [7, 11) is 0. The van der Waals surface area contributed by atoms with Crippen LogP contribution < -0.4 is 4.90 Å². The number of anilines is 2. The number of benzene rings is 3. The molecule has 0 saturated heterocycles. The molecule has 0 saturated carbocycles. The van der Waals surface area contributed by atoms with Crippen molar-refractivity contribution in [2.45, 2.75) is 9.79 Å². The quantitative estimate of drug-likeness (QED) is 0.574. The van der Waals surface area contributed by atoms with Crippen molar-refractivity contribution in [3.05, 3.63) is 91.0 Å². The number of fused-ring (bicyclic) bond motifs is 2. The van der Waals surface area contributed by atoms with Crippen molar-refractivity contribution in [1.29, 1.82) is 0 Å². The Morgan fingerprint density at radius 2 is 1.18 bits per heavy atom. The van der Waals surface area contributed by atoms with Gasteiger partial charge in [-0.3, -0.25) is 0 Å². The monoisotopic (exact) mass is 301 g/mol. The summed E-state index contributed by atoms with van der Waals surface area (Å²) in [5.74, 6) is 0. The smallest absolute Gasteiger partial charge is 0.0601 e. The van der Waals surface area contributed by atoms with Crippen LogP contribution >= 0.6 is 11.8 Å². The molecular weight excluding hydrogens is 286 g/mol. The molecule has 0 bridgehead atoms. The van der Waals surface area contributed by atoms with Gasteiger partial charge in [0.2, 0.25) is 0 Å². The molecule has 1 aliphatic heterocycles. The second-order valence-corrected chi connectivity index (χ2v) is 6.27. The molecule has 0 aromatic heterocycles. The lowest BCUT2D eigenvalue weighted by atomic mass is 10.1. The fourth-order valence-corrected chi connectivity index (χ4v) is 3.81. The summed E-state index contributed by atoms with van der Waals surface area (Å²) in [6.07, 6.45) is 0. The number of nitrogens with zero attached hydrogens (tertiary/aromatic N) is 1. The van der Waals surface area contributed by atoms with E-state index >= 15 is 0 Å². The van der Waals surface area contributed by atoms with Crippen molar-refractivity contribution in [3.63, 3.8) is 0 Å². The van der Waals surface area contributed by atoms with Crippen LogP contribution in [0.1, 0.15) is 5.56 Å². The van der Waals surface area contributed by atoms with Gasteiger partial charge < -0.3 is 4.90 Å². The van der Waals surface area contributed by atoms with Crippen LogP contribution in [0.5, 0.6) is 0 Å². The van der Waals surface area contributed by atoms with Crippen LogP contribution in [0.15, 0.2) is 95.2 Å². The molecule has 0 atom stereocenters. The molecule has 1 aliphatic rings. The van der Waals surface area contributed by atoms with Gasteiger partial charge in [0.25, 0.3) is 0 Å². The lowest BCUT2D eigenvalue weighted by Gasteiger charge is -2.34. The van der Waals surface area contributed by atoms with E-state index < -0.39 is 0 Å². The molecule has 0 N–H and O–H groups in total. The van der Waals surface area contributed by atoms with Gasteiger partial charge in [-0.05, 0) is 29.8 Å². The van der Waals surface area contributed by atoms with Crippen molar-refractivity contribution >= 4 is 28.8 Å². The Morgan fingerprint density at radius 1 is 0.682 bits per heavy atom.